The van der Waals surface area contributed by atoms with Crippen molar-refractivity contribution in [3.05, 3.63) is 35.4 Å². The first-order valence-electron chi connectivity index (χ1n) is 7.68. The number of hydrogen-bond acceptors (Lipinski definition) is 2. The van der Waals surface area contributed by atoms with E-state index in [0.717, 1.165) is 19.0 Å². The zero-order valence-electron chi connectivity index (χ0n) is 12.7. The van der Waals surface area contributed by atoms with Crippen LogP contribution < -0.4 is 5.32 Å². The molecule has 2 heteroatoms. The SMILES string of the molecule is CCCNC(CN(C)C)c1ccc(C2CCC2)cc1. The smallest absolute Gasteiger partial charge is 0.0449 e. The van der Waals surface area contributed by atoms with Crippen LogP contribution in [0.4, 0.5) is 0 Å². The minimum atomic E-state index is 0.449. The van der Waals surface area contributed by atoms with E-state index in [4.69, 9.17) is 0 Å². The molecule has 2 rings (SSSR count). The molecular formula is C17H28N2. The van der Waals surface area contributed by atoms with Gasteiger partial charge in [0.15, 0.2) is 0 Å². The molecule has 1 aromatic rings. The fourth-order valence-corrected chi connectivity index (χ4v) is 2.71. The van der Waals surface area contributed by atoms with Gasteiger partial charge in [0.05, 0.1) is 0 Å². The summed E-state index contributed by atoms with van der Waals surface area (Å²) < 4.78 is 0. The van der Waals surface area contributed by atoms with E-state index in [0.29, 0.717) is 6.04 Å². The monoisotopic (exact) mass is 260 g/mol. The minimum absolute atomic E-state index is 0.449. The predicted molar refractivity (Wildman–Crippen MR) is 82.6 cm³/mol. The molecule has 1 aliphatic rings. The fourth-order valence-electron chi connectivity index (χ4n) is 2.71. The Kier molecular flexibility index (Phi) is 5.41. The summed E-state index contributed by atoms with van der Waals surface area (Å²) in [5, 5.41) is 3.65. The van der Waals surface area contributed by atoms with Crippen molar-refractivity contribution in [1.82, 2.24) is 10.2 Å². The van der Waals surface area contributed by atoms with E-state index in [1.807, 2.05) is 0 Å². The Bertz CT molecular complexity index is 365. The molecule has 1 aliphatic carbocycles. The Labute approximate surface area is 118 Å². The van der Waals surface area contributed by atoms with Gasteiger partial charge < -0.3 is 10.2 Å². The molecule has 0 aliphatic heterocycles. The third-order valence-electron chi connectivity index (χ3n) is 4.10. The predicted octanol–water partition coefficient (Wildman–Crippen LogP) is 3.56. The van der Waals surface area contributed by atoms with Gasteiger partial charge in [-0.2, -0.15) is 0 Å². The van der Waals surface area contributed by atoms with Crippen LogP contribution in [0.3, 0.4) is 0 Å². The first-order valence-corrected chi connectivity index (χ1v) is 7.68. The summed E-state index contributed by atoms with van der Waals surface area (Å²) in [5.41, 5.74) is 2.96. The van der Waals surface area contributed by atoms with E-state index in [-0.39, 0.29) is 0 Å². The summed E-state index contributed by atoms with van der Waals surface area (Å²) in [4.78, 5) is 2.26. The highest BCUT2D eigenvalue weighted by molar-refractivity contribution is 5.28. The number of hydrogen-bond donors (Lipinski definition) is 1. The molecule has 2 nitrogen and oxygen atoms in total. The second kappa shape index (κ2) is 7.06. The van der Waals surface area contributed by atoms with Crippen molar-refractivity contribution in [2.75, 3.05) is 27.2 Å². The van der Waals surface area contributed by atoms with Gasteiger partial charge in [0.2, 0.25) is 0 Å². The highest BCUT2D eigenvalue weighted by Crippen LogP contribution is 2.36. The van der Waals surface area contributed by atoms with Gasteiger partial charge in [0.25, 0.3) is 0 Å². The molecule has 0 amide bonds. The molecule has 0 heterocycles. The van der Waals surface area contributed by atoms with Crippen molar-refractivity contribution in [1.29, 1.82) is 0 Å². The maximum absolute atomic E-state index is 3.65. The lowest BCUT2D eigenvalue weighted by molar-refractivity contribution is 0.342. The number of likely N-dealkylation sites (N-methyl/N-ethyl adjacent to an activating group) is 1. The fraction of sp³-hybridized carbons (Fsp3) is 0.647. The Hall–Kier alpha value is -0.860. The van der Waals surface area contributed by atoms with Gasteiger partial charge in [0.1, 0.15) is 0 Å². The van der Waals surface area contributed by atoms with Crippen molar-refractivity contribution in [3.63, 3.8) is 0 Å². The Morgan fingerprint density at radius 2 is 1.89 bits per heavy atom. The molecule has 0 spiro atoms. The lowest BCUT2D eigenvalue weighted by Gasteiger charge is -2.27. The summed E-state index contributed by atoms with van der Waals surface area (Å²) in [5.74, 6) is 0.838. The van der Waals surface area contributed by atoms with E-state index in [1.54, 1.807) is 0 Å². The average Bonchev–Trinajstić information content (AvgIpc) is 2.33. The van der Waals surface area contributed by atoms with Crippen LogP contribution in [-0.4, -0.2) is 32.1 Å². The van der Waals surface area contributed by atoms with E-state index in [2.05, 4.69) is 55.5 Å². The molecule has 1 N–H and O–H groups in total. The lowest BCUT2D eigenvalue weighted by atomic mass is 9.80. The van der Waals surface area contributed by atoms with Crippen LogP contribution in [0.25, 0.3) is 0 Å². The summed E-state index contributed by atoms with van der Waals surface area (Å²) in [6, 6.07) is 9.78. The van der Waals surface area contributed by atoms with Crippen molar-refractivity contribution in [3.8, 4) is 0 Å². The summed E-state index contributed by atoms with van der Waals surface area (Å²) >= 11 is 0. The van der Waals surface area contributed by atoms with Gasteiger partial charge in [-0.15, -0.1) is 0 Å². The third kappa shape index (κ3) is 4.05. The van der Waals surface area contributed by atoms with E-state index < -0.39 is 0 Å². The van der Waals surface area contributed by atoms with E-state index in [1.165, 1.54) is 36.8 Å². The van der Waals surface area contributed by atoms with Crippen LogP contribution in [0, 0.1) is 0 Å². The van der Waals surface area contributed by atoms with Gasteiger partial charge >= 0.3 is 0 Å². The standard InChI is InChI=1S/C17H28N2/c1-4-12-18-17(13-19(2)3)16-10-8-15(9-11-16)14-6-5-7-14/h8-11,14,17-18H,4-7,12-13H2,1-3H3. The first-order chi connectivity index (χ1) is 9.20. The highest BCUT2D eigenvalue weighted by atomic mass is 15.1. The zero-order chi connectivity index (χ0) is 13.7. The van der Waals surface area contributed by atoms with Gasteiger partial charge in [-0.05, 0) is 56.9 Å². The van der Waals surface area contributed by atoms with Crippen LogP contribution in [0.15, 0.2) is 24.3 Å². The van der Waals surface area contributed by atoms with Gasteiger partial charge in [-0.25, -0.2) is 0 Å². The molecule has 19 heavy (non-hydrogen) atoms. The summed E-state index contributed by atoms with van der Waals surface area (Å²) in [6.07, 6.45) is 5.36. The molecule has 1 saturated carbocycles. The second-order valence-electron chi connectivity index (χ2n) is 6.06. The molecule has 1 atom stereocenters. The van der Waals surface area contributed by atoms with Crippen molar-refractivity contribution in [2.24, 2.45) is 0 Å². The van der Waals surface area contributed by atoms with Crippen LogP contribution in [0.1, 0.15) is 55.7 Å². The van der Waals surface area contributed by atoms with Crippen molar-refractivity contribution >= 4 is 0 Å². The zero-order valence-corrected chi connectivity index (χ0v) is 12.7. The number of rotatable bonds is 7. The quantitative estimate of drug-likeness (QED) is 0.806. The van der Waals surface area contributed by atoms with E-state index >= 15 is 0 Å². The van der Waals surface area contributed by atoms with Gasteiger partial charge in [-0.1, -0.05) is 37.6 Å². The lowest BCUT2D eigenvalue weighted by Crippen LogP contribution is -2.31. The minimum Gasteiger partial charge on any atom is -0.309 e. The van der Waals surface area contributed by atoms with Crippen LogP contribution in [-0.2, 0) is 0 Å². The normalized spacial score (nSPS) is 17.5. The molecule has 0 aromatic heterocycles. The topological polar surface area (TPSA) is 15.3 Å². The van der Waals surface area contributed by atoms with Crippen molar-refractivity contribution < 1.29 is 0 Å². The number of nitrogens with zero attached hydrogens (tertiary/aromatic N) is 1. The molecule has 0 bridgehead atoms. The maximum atomic E-state index is 3.65. The van der Waals surface area contributed by atoms with Crippen LogP contribution in [0.2, 0.25) is 0 Å². The van der Waals surface area contributed by atoms with Gasteiger partial charge in [-0.3, -0.25) is 0 Å². The Balaban J connectivity index is 2.02. The second-order valence-corrected chi connectivity index (χ2v) is 6.06. The van der Waals surface area contributed by atoms with Crippen LogP contribution in [0.5, 0.6) is 0 Å². The molecule has 1 unspecified atom stereocenters. The van der Waals surface area contributed by atoms with Gasteiger partial charge in [0, 0.05) is 12.6 Å². The summed E-state index contributed by atoms with van der Waals surface area (Å²) in [7, 11) is 4.28. The largest absolute Gasteiger partial charge is 0.309 e. The average molecular weight is 260 g/mol. The third-order valence-corrected chi connectivity index (χ3v) is 4.10. The molecular weight excluding hydrogens is 232 g/mol. The van der Waals surface area contributed by atoms with Crippen LogP contribution >= 0.6 is 0 Å². The summed E-state index contributed by atoms with van der Waals surface area (Å²) in [6.45, 7) is 4.37. The molecule has 106 valence electrons. The van der Waals surface area contributed by atoms with E-state index in [9.17, 15) is 0 Å². The first kappa shape index (κ1) is 14.5. The Morgan fingerprint density at radius 1 is 1.21 bits per heavy atom. The maximum Gasteiger partial charge on any atom is 0.0449 e. The molecule has 1 aromatic carbocycles. The molecule has 0 saturated heterocycles. The molecule has 0 radical (unpaired) electrons. The molecule has 1 fully saturated rings. The Morgan fingerprint density at radius 3 is 2.37 bits per heavy atom. The number of benzene rings is 1. The van der Waals surface area contributed by atoms with Crippen molar-refractivity contribution in [2.45, 2.75) is 44.6 Å². The number of nitrogens with one attached hydrogen (secondary N) is 1. The highest BCUT2D eigenvalue weighted by Gasteiger charge is 2.19.